The van der Waals surface area contributed by atoms with Crippen LogP contribution in [0, 0.1) is 13.8 Å². The molecule has 14 nitrogen and oxygen atoms in total. The summed E-state index contributed by atoms with van der Waals surface area (Å²) in [5.74, 6) is -0.805. The Morgan fingerprint density at radius 1 is 0.469 bits per heavy atom. The molecule has 0 aliphatic carbocycles. The summed E-state index contributed by atoms with van der Waals surface area (Å²) in [5, 5.41) is 56.5. The molecule has 96 heavy (non-hydrogen) atoms. The van der Waals surface area contributed by atoms with Crippen molar-refractivity contribution >= 4 is 134 Å². The number of anilines is 7. The third-order valence-electron chi connectivity index (χ3n) is 17.8. The van der Waals surface area contributed by atoms with Crippen LogP contribution in [-0.2, 0) is 30.7 Å². The lowest BCUT2D eigenvalue weighted by molar-refractivity contribution is 0.102. The number of aryl methyl sites for hydroxylation is 5. The molecule has 15 rings (SSSR count). The van der Waals surface area contributed by atoms with Crippen molar-refractivity contribution in [2.75, 3.05) is 21.0 Å². The zero-order chi connectivity index (χ0) is 65.2. The maximum absolute atomic E-state index is 14.3. The van der Waals surface area contributed by atoms with E-state index in [1.165, 1.54) is 16.7 Å². The van der Waals surface area contributed by atoms with Gasteiger partial charge >= 0.3 is 0 Å². The molecule has 0 unspecified atom stereocenters. The van der Waals surface area contributed by atoms with Gasteiger partial charge in [0.1, 0.15) is 23.7 Å². The van der Waals surface area contributed by atoms with E-state index in [4.69, 9.17) is 15.1 Å². The first-order chi connectivity index (χ1) is 47.0. The Morgan fingerprint density at radius 3 is 1.48 bits per heavy atom. The molecular formula is C82H66N10O4. The number of aromatic amines is 2. The third-order valence-corrected chi connectivity index (χ3v) is 17.8. The van der Waals surface area contributed by atoms with Gasteiger partial charge in [0.15, 0.2) is 5.75 Å². The molecule has 0 saturated heterocycles. The summed E-state index contributed by atoms with van der Waals surface area (Å²) in [6.45, 7) is 6.37. The summed E-state index contributed by atoms with van der Waals surface area (Å²) in [7, 11) is 0. The Labute approximate surface area is 553 Å². The maximum atomic E-state index is 14.3. The molecular weight excluding hydrogens is 1190 g/mol. The lowest BCUT2D eigenvalue weighted by Crippen LogP contribution is -2.12. The minimum Gasteiger partial charge on any atom is -0.505 e. The molecule has 0 radical (unpaired) electrons. The molecule has 2 aromatic heterocycles. The number of aromatic nitrogens is 2. The van der Waals surface area contributed by atoms with E-state index in [1.807, 2.05) is 152 Å². The molecule has 14 heteroatoms. The number of carbonyl (C=O) groups excluding carboxylic acids is 1. The summed E-state index contributed by atoms with van der Waals surface area (Å²) in [6, 6.07) is 84.7. The van der Waals surface area contributed by atoms with E-state index in [0.29, 0.717) is 39.1 Å². The minimum absolute atomic E-state index is 0.0263. The van der Waals surface area contributed by atoms with Gasteiger partial charge in [-0.25, -0.2) is 0 Å². The predicted octanol–water partition coefficient (Wildman–Crippen LogP) is 22.5. The van der Waals surface area contributed by atoms with Crippen molar-refractivity contribution in [2.45, 2.75) is 46.6 Å². The highest BCUT2D eigenvalue weighted by atomic mass is 16.6. The number of carbonyl (C=O) groups is 1. The van der Waals surface area contributed by atoms with E-state index < -0.39 is 5.91 Å². The van der Waals surface area contributed by atoms with Crippen LogP contribution in [-0.4, -0.2) is 26.1 Å². The summed E-state index contributed by atoms with van der Waals surface area (Å²) in [4.78, 5) is 29.7. The van der Waals surface area contributed by atoms with Gasteiger partial charge in [0.2, 0.25) is 0 Å². The molecule has 0 fully saturated rings. The fourth-order valence-electron chi connectivity index (χ4n) is 12.7. The average molecular weight is 1260 g/mol. The Bertz CT molecular complexity index is 5430. The highest BCUT2D eigenvalue weighted by Crippen LogP contribution is 2.47. The van der Waals surface area contributed by atoms with Gasteiger partial charge in [-0.1, -0.05) is 145 Å². The van der Waals surface area contributed by atoms with Crippen molar-refractivity contribution < 1.29 is 19.8 Å². The van der Waals surface area contributed by atoms with Crippen molar-refractivity contribution in [3.63, 3.8) is 0 Å². The molecule has 0 saturated carbocycles. The third kappa shape index (κ3) is 12.1. The number of nitrogens with one attached hydrogen (secondary N) is 5. The number of nitrogens with zero attached hydrogens (tertiary/aromatic N) is 5. The van der Waals surface area contributed by atoms with Gasteiger partial charge < -0.3 is 35.7 Å². The number of aromatic hydroxyl groups is 2. The van der Waals surface area contributed by atoms with E-state index in [9.17, 15) is 15.0 Å². The number of azo groups is 2. The van der Waals surface area contributed by atoms with E-state index >= 15 is 0 Å². The number of hydrogen-bond donors (Lipinski definition) is 7. The summed E-state index contributed by atoms with van der Waals surface area (Å²) < 4.78 is 0. The molecule has 0 bridgehead atoms. The lowest BCUT2D eigenvalue weighted by atomic mass is 10.00. The Balaban J connectivity index is 0.642. The van der Waals surface area contributed by atoms with E-state index in [2.05, 4.69) is 159 Å². The first-order valence-corrected chi connectivity index (χ1v) is 32.1. The molecule has 0 spiro atoms. The van der Waals surface area contributed by atoms with Gasteiger partial charge in [0.05, 0.1) is 33.7 Å². The second-order valence-corrected chi connectivity index (χ2v) is 24.2. The second-order valence-electron chi connectivity index (χ2n) is 24.2. The van der Waals surface area contributed by atoms with Crippen LogP contribution in [0.25, 0.3) is 65.2 Å². The molecule has 0 aliphatic rings. The molecule has 468 valence electrons. The standard InChI is InChI=1S/C82H66N10O4/c1-4-54-11-5-8-14-71(54)91-96-49-57-47-55-27-45-68-66-12-6-9-15-72(66)85-76(68)74(55)78(80(57)93)89-87-61-35-31-58(32-36-61)83-59-33-37-62(38-34-59)88-90-79-75-56(28-46-69-67-13-7-10-16-73(67)86-77(69)75)48-70(81(79)94)82(95)84-60-29-23-52(24-30-60)21-22-53-25-43-65(44-26-53)92(63-39-17-50(2)18-40-63)64-41-19-51(3)20-42-64/h5-20,23-48,83,85-86,91,93-94H,4,21-22,49H2,1-3H3,(H,84,95). The first kappa shape index (κ1) is 59.9. The number of amides is 1. The van der Waals surface area contributed by atoms with Crippen LogP contribution in [0.5, 0.6) is 11.5 Å². The van der Waals surface area contributed by atoms with Gasteiger partial charge in [-0.3, -0.25) is 15.1 Å². The fourth-order valence-corrected chi connectivity index (χ4v) is 12.7. The van der Waals surface area contributed by atoms with Crippen molar-refractivity contribution in [1.29, 1.82) is 0 Å². The number of H-pyrrole nitrogens is 2. The van der Waals surface area contributed by atoms with Crippen LogP contribution in [0.2, 0.25) is 0 Å². The Kier molecular flexibility index (Phi) is 16.2. The molecule has 1 amide bonds. The maximum Gasteiger partial charge on any atom is 0.259 e. The number of para-hydroxylation sites is 3. The van der Waals surface area contributed by atoms with Gasteiger partial charge in [-0.15, -0.1) is 10.2 Å². The van der Waals surface area contributed by atoms with E-state index in [0.717, 1.165) is 119 Å². The van der Waals surface area contributed by atoms with Crippen LogP contribution in [0.3, 0.4) is 0 Å². The summed E-state index contributed by atoms with van der Waals surface area (Å²) in [5.41, 5.74) is 21.1. The van der Waals surface area contributed by atoms with Crippen LogP contribution in [0.15, 0.2) is 275 Å². The van der Waals surface area contributed by atoms with Crippen LogP contribution in [0.1, 0.15) is 50.7 Å². The molecule has 15 aromatic rings. The number of phenols is 2. The van der Waals surface area contributed by atoms with Crippen LogP contribution >= 0.6 is 0 Å². The van der Waals surface area contributed by atoms with Gasteiger partial charge in [-0.2, -0.15) is 10.2 Å². The zero-order valence-corrected chi connectivity index (χ0v) is 53.0. The number of fused-ring (bicyclic) bond motifs is 10. The minimum atomic E-state index is -0.485. The van der Waals surface area contributed by atoms with Crippen molar-refractivity contribution in [1.82, 2.24) is 9.97 Å². The van der Waals surface area contributed by atoms with Gasteiger partial charge in [0.25, 0.3) is 5.91 Å². The van der Waals surface area contributed by atoms with Gasteiger partial charge in [-0.05, 0) is 188 Å². The Morgan fingerprint density at radius 2 is 0.938 bits per heavy atom. The second kappa shape index (κ2) is 25.9. The van der Waals surface area contributed by atoms with Crippen molar-refractivity contribution in [3.8, 4) is 11.5 Å². The summed E-state index contributed by atoms with van der Waals surface area (Å²) in [6.07, 6.45) is 2.49. The highest BCUT2D eigenvalue weighted by Gasteiger charge is 2.23. The van der Waals surface area contributed by atoms with Crippen LogP contribution in [0.4, 0.5) is 62.6 Å². The van der Waals surface area contributed by atoms with Gasteiger partial charge in [0, 0.05) is 83.0 Å². The Hall–Kier alpha value is -12.4. The normalized spacial score (nSPS) is 11.7. The van der Waals surface area contributed by atoms with E-state index in [1.54, 1.807) is 6.07 Å². The number of rotatable bonds is 19. The predicted molar refractivity (Wildman–Crippen MR) is 391 cm³/mol. The number of phenolic OH excluding ortho intramolecular Hbond substituents is 2. The lowest BCUT2D eigenvalue weighted by Gasteiger charge is -2.26. The van der Waals surface area contributed by atoms with Crippen molar-refractivity contribution in [2.24, 2.45) is 20.5 Å². The molecule has 7 N–H and O–H groups in total. The molecule has 0 aliphatic heterocycles. The quantitative estimate of drug-likeness (QED) is 0.0310. The topological polar surface area (TPSA) is 187 Å². The molecule has 0 atom stereocenters. The van der Waals surface area contributed by atoms with Crippen molar-refractivity contribution in [3.05, 3.63) is 294 Å². The highest BCUT2D eigenvalue weighted by molar-refractivity contribution is 6.23. The first-order valence-electron chi connectivity index (χ1n) is 32.1. The smallest absolute Gasteiger partial charge is 0.259 e. The average Bonchev–Trinajstić information content (AvgIpc) is 1.69. The van der Waals surface area contributed by atoms with E-state index in [-0.39, 0.29) is 29.4 Å². The number of hydrogen-bond acceptors (Lipinski definition) is 11. The number of benzene rings is 13. The largest absolute Gasteiger partial charge is 0.505 e. The molecule has 13 aromatic carbocycles. The fraction of sp³-hybridized carbons (Fsp3) is 0.0854. The molecule has 2 heterocycles. The monoisotopic (exact) mass is 1250 g/mol. The zero-order valence-electron chi connectivity index (χ0n) is 53.0. The van der Waals surface area contributed by atoms with Crippen LogP contribution < -0.4 is 21.0 Å². The SMILES string of the molecule is CCc1ccccc1NOCc1cc2ccc3c4ccccc4[nH]c3c2c(N=Nc2ccc(Nc3ccc(N=Nc4c(O)c(C(=O)Nc5ccc(CCc6ccc(N(c7ccc(C)cc7)c7ccc(C)cc7)cc6)cc5)cc5ccc6c7ccccc7[nH]c6c45)cc3)cc2)c1O. The summed E-state index contributed by atoms with van der Waals surface area (Å²) >= 11 is 0.